The lowest BCUT2D eigenvalue weighted by Crippen LogP contribution is -2.61. The molecule has 0 radical (unpaired) electrons. The van der Waals surface area contributed by atoms with Crippen LogP contribution in [0.1, 0.15) is 226 Å². The van der Waals surface area contributed by atoms with Crippen molar-refractivity contribution in [2.24, 2.45) is 0 Å². The van der Waals surface area contributed by atoms with Crippen molar-refractivity contribution in [1.29, 1.82) is 0 Å². The number of hydrogen-bond donors (Lipinski definition) is 6. The van der Waals surface area contributed by atoms with Crippen LogP contribution in [-0.2, 0) is 23.8 Å². The highest BCUT2D eigenvalue weighted by molar-refractivity contribution is 5.80. The molecule has 1 heterocycles. The summed E-state index contributed by atoms with van der Waals surface area (Å²) in [6.45, 7) is 5.52. The van der Waals surface area contributed by atoms with Gasteiger partial charge in [0.05, 0.1) is 25.4 Å². The van der Waals surface area contributed by atoms with Gasteiger partial charge in [-0.15, -0.1) is 0 Å². The summed E-state index contributed by atoms with van der Waals surface area (Å²) in [5.41, 5.74) is 0. The van der Waals surface area contributed by atoms with Crippen molar-refractivity contribution in [3.05, 3.63) is 109 Å². The Morgan fingerprint density at radius 2 is 0.947 bits per heavy atom. The Kier molecular flexibility index (Phi) is 48.2. The van der Waals surface area contributed by atoms with Gasteiger partial charge in [0.15, 0.2) is 12.4 Å². The van der Waals surface area contributed by atoms with Crippen molar-refractivity contribution < 1.29 is 49.3 Å². The van der Waals surface area contributed by atoms with E-state index in [1.165, 1.54) is 57.8 Å². The molecule has 11 nitrogen and oxygen atoms in total. The standard InChI is InChI=1S/C65H109NO10/c1-4-7-10-13-16-19-22-25-27-28-29-30-31-32-34-37-40-43-46-49-52-58(69)64(73)66-56(57(68)51-48-45-42-39-36-33-24-21-18-15-12-9-6-3)55-74-65-63(62(72)61(71)59(54-67)75-65)76-60(70)53-50-47-44-41-38-35-26-23-20-17-14-11-8-5-2/h7-8,10-11,16-17,19-20,25,27,29-30,32,34,40,43,48,51,56-59,61-63,65,67-69,71-72H,4-6,9,12-15,18,21-24,26,28,31,33,35-39,41-42,44-47,49-50,52-55H2,1-3H3,(H,66,73)/b10-7-,11-8+,19-16-,20-17+,27-25-,30-29-,34-32-,43-40-,51-48+. The molecule has 6 N–H and O–H groups in total. The van der Waals surface area contributed by atoms with E-state index in [0.29, 0.717) is 19.3 Å². The fourth-order valence-electron chi connectivity index (χ4n) is 8.70. The van der Waals surface area contributed by atoms with E-state index < -0.39 is 67.4 Å². The van der Waals surface area contributed by atoms with E-state index in [1.807, 2.05) is 12.2 Å². The Labute approximate surface area is 462 Å². The largest absolute Gasteiger partial charge is 0.454 e. The number of aliphatic hydroxyl groups is 5. The van der Waals surface area contributed by atoms with Gasteiger partial charge in [-0.2, -0.15) is 0 Å². The Balaban J connectivity index is 2.76. The van der Waals surface area contributed by atoms with Crippen molar-refractivity contribution in [1.82, 2.24) is 5.32 Å². The molecule has 0 aromatic rings. The molecule has 76 heavy (non-hydrogen) atoms. The second-order valence-corrected chi connectivity index (χ2v) is 20.3. The number of amides is 1. The van der Waals surface area contributed by atoms with Crippen molar-refractivity contribution in [2.75, 3.05) is 13.2 Å². The minimum absolute atomic E-state index is 0.103. The number of hydrogen-bond acceptors (Lipinski definition) is 10. The fourth-order valence-corrected chi connectivity index (χ4v) is 8.70. The van der Waals surface area contributed by atoms with Crippen molar-refractivity contribution in [3.8, 4) is 0 Å². The highest BCUT2D eigenvalue weighted by atomic mass is 16.7. The summed E-state index contributed by atoms with van der Waals surface area (Å²) in [6.07, 6.45) is 59.9. The molecule has 8 atom stereocenters. The van der Waals surface area contributed by atoms with Crippen molar-refractivity contribution in [2.45, 2.75) is 275 Å². The monoisotopic (exact) mass is 1060 g/mol. The molecule has 11 heteroatoms. The molecule has 1 aliphatic heterocycles. The maximum atomic E-state index is 13.4. The zero-order valence-electron chi connectivity index (χ0n) is 47.8. The summed E-state index contributed by atoms with van der Waals surface area (Å²) >= 11 is 0. The molecular formula is C65H109NO10. The molecule has 1 amide bonds. The number of carbonyl (C=O) groups excluding carboxylic acids is 2. The number of aliphatic hydroxyl groups excluding tert-OH is 5. The number of nitrogens with one attached hydrogen (secondary N) is 1. The molecule has 0 aromatic carbocycles. The van der Waals surface area contributed by atoms with Crippen LogP contribution in [-0.4, -0.2) is 99.6 Å². The van der Waals surface area contributed by atoms with Gasteiger partial charge in [-0.05, 0) is 103 Å². The van der Waals surface area contributed by atoms with Crippen LogP contribution in [0, 0.1) is 0 Å². The van der Waals surface area contributed by atoms with Gasteiger partial charge in [0, 0.05) is 6.42 Å². The van der Waals surface area contributed by atoms with Gasteiger partial charge in [-0.25, -0.2) is 0 Å². The minimum atomic E-state index is -1.63. The quantitative estimate of drug-likeness (QED) is 0.0195. The number of carbonyl (C=O) groups is 2. The highest BCUT2D eigenvalue weighted by Gasteiger charge is 2.47. The zero-order chi connectivity index (χ0) is 55.4. The predicted molar refractivity (Wildman–Crippen MR) is 315 cm³/mol. The third-order valence-corrected chi connectivity index (χ3v) is 13.4. The van der Waals surface area contributed by atoms with E-state index >= 15 is 0 Å². The Morgan fingerprint density at radius 3 is 1.42 bits per heavy atom. The number of allylic oxidation sites excluding steroid dienone is 17. The van der Waals surface area contributed by atoms with Gasteiger partial charge in [-0.1, -0.05) is 226 Å². The normalized spacial score (nSPS) is 19.9. The van der Waals surface area contributed by atoms with Crippen molar-refractivity contribution in [3.63, 3.8) is 0 Å². The van der Waals surface area contributed by atoms with E-state index in [4.69, 9.17) is 14.2 Å². The molecule has 1 aliphatic rings. The molecule has 0 bridgehead atoms. The molecule has 434 valence electrons. The summed E-state index contributed by atoms with van der Waals surface area (Å²) in [4.78, 5) is 26.5. The first-order valence-corrected chi connectivity index (χ1v) is 30.2. The van der Waals surface area contributed by atoms with E-state index in [-0.39, 0.29) is 19.4 Å². The second kappa shape index (κ2) is 52.0. The predicted octanol–water partition coefficient (Wildman–Crippen LogP) is 14.1. The smallest absolute Gasteiger partial charge is 0.306 e. The van der Waals surface area contributed by atoms with Crippen LogP contribution in [0.5, 0.6) is 0 Å². The molecule has 1 fully saturated rings. The molecular weight excluding hydrogens is 955 g/mol. The van der Waals surface area contributed by atoms with Crippen LogP contribution >= 0.6 is 0 Å². The maximum absolute atomic E-state index is 13.4. The van der Waals surface area contributed by atoms with Crippen LogP contribution < -0.4 is 5.32 Å². The SMILES string of the molecule is CC/C=C\C/C=C\C/C=C\C/C=C\C/C=C\C/C=C\CCCC(O)C(=O)NC(COC1OC(CO)C(O)C(O)C1OC(=O)CCCCCCCCC/C=C/C/C=C/CC)C(O)/C=C/CCCCCCCCCCCCC. The van der Waals surface area contributed by atoms with E-state index in [9.17, 15) is 35.1 Å². The van der Waals surface area contributed by atoms with Gasteiger partial charge in [0.2, 0.25) is 5.91 Å². The van der Waals surface area contributed by atoms with Crippen molar-refractivity contribution >= 4 is 11.9 Å². The Morgan fingerprint density at radius 1 is 0.526 bits per heavy atom. The summed E-state index contributed by atoms with van der Waals surface area (Å²) in [5.74, 6) is -1.26. The van der Waals surface area contributed by atoms with Crippen LogP contribution in [0.2, 0.25) is 0 Å². The lowest BCUT2D eigenvalue weighted by molar-refractivity contribution is -0.305. The average molecular weight is 1060 g/mol. The van der Waals surface area contributed by atoms with E-state index in [0.717, 1.165) is 116 Å². The third kappa shape index (κ3) is 39.6. The van der Waals surface area contributed by atoms with Gasteiger partial charge in [-0.3, -0.25) is 9.59 Å². The molecule has 0 aliphatic carbocycles. The van der Waals surface area contributed by atoms with Crippen LogP contribution in [0.4, 0.5) is 0 Å². The fraction of sp³-hybridized carbons (Fsp3) is 0.692. The first-order valence-electron chi connectivity index (χ1n) is 30.2. The highest BCUT2D eigenvalue weighted by Crippen LogP contribution is 2.26. The molecule has 1 saturated heterocycles. The molecule has 0 aromatic heterocycles. The van der Waals surface area contributed by atoms with Gasteiger partial charge >= 0.3 is 5.97 Å². The lowest BCUT2D eigenvalue weighted by Gasteiger charge is -2.41. The summed E-state index contributed by atoms with van der Waals surface area (Å²) in [7, 11) is 0. The molecule has 0 saturated carbocycles. The summed E-state index contributed by atoms with van der Waals surface area (Å²) in [6, 6.07) is -1.06. The summed E-state index contributed by atoms with van der Waals surface area (Å²) < 4.78 is 17.6. The second-order valence-electron chi connectivity index (χ2n) is 20.3. The van der Waals surface area contributed by atoms with Crippen LogP contribution in [0.25, 0.3) is 0 Å². The van der Waals surface area contributed by atoms with Gasteiger partial charge in [0.25, 0.3) is 0 Å². The molecule has 8 unspecified atom stereocenters. The van der Waals surface area contributed by atoms with Crippen LogP contribution in [0.15, 0.2) is 109 Å². The van der Waals surface area contributed by atoms with E-state index in [1.54, 1.807) is 6.08 Å². The topological polar surface area (TPSA) is 175 Å². The van der Waals surface area contributed by atoms with Crippen LogP contribution in [0.3, 0.4) is 0 Å². The number of esters is 1. The average Bonchev–Trinajstić information content (AvgIpc) is 3.42. The maximum Gasteiger partial charge on any atom is 0.306 e. The Hall–Kier alpha value is -3.68. The molecule has 1 rings (SSSR count). The molecule has 0 spiro atoms. The number of unbranched alkanes of at least 4 members (excludes halogenated alkanes) is 19. The summed E-state index contributed by atoms with van der Waals surface area (Å²) in [5, 5.41) is 56.9. The number of ether oxygens (including phenoxy) is 3. The number of rotatable bonds is 49. The van der Waals surface area contributed by atoms with Gasteiger partial charge < -0.3 is 45.1 Å². The third-order valence-electron chi connectivity index (χ3n) is 13.4. The lowest BCUT2D eigenvalue weighted by atomic mass is 9.99. The zero-order valence-corrected chi connectivity index (χ0v) is 47.8. The first kappa shape index (κ1) is 70.3. The van der Waals surface area contributed by atoms with Gasteiger partial charge in [0.1, 0.15) is 24.4 Å². The minimum Gasteiger partial charge on any atom is -0.454 e. The Bertz CT molecular complexity index is 1650. The first-order chi connectivity index (χ1) is 37.2. The van der Waals surface area contributed by atoms with E-state index in [2.05, 4.69) is 117 Å².